The van der Waals surface area contributed by atoms with Crippen molar-refractivity contribution in [3.8, 4) is 40.2 Å². The van der Waals surface area contributed by atoms with Crippen LogP contribution in [0.2, 0.25) is 0 Å². The number of cyclic esters (lactones) is 1. The summed E-state index contributed by atoms with van der Waals surface area (Å²) in [6.45, 7) is 4.73. The Labute approximate surface area is 445 Å². The zero-order valence-corrected chi connectivity index (χ0v) is 42.9. The number of aromatic hydroxyl groups is 3. The number of phenolic OH excluding ortho intramolecular Hbond substituents is 3. The third-order valence-electron chi connectivity index (χ3n) is 16.2. The molecular weight excluding hydrogens is 1030 g/mol. The molecule has 4 fully saturated rings. The van der Waals surface area contributed by atoms with Crippen molar-refractivity contribution in [2.24, 2.45) is 17.6 Å². The zero-order valence-electron chi connectivity index (χ0n) is 42.9. The third-order valence-corrected chi connectivity index (χ3v) is 16.2. The number of benzene rings is 4. The molecule has 0 amide bonds. The third kappa shape index (κ3) is 8.81. The first kappa shape index (κ1) is 53.5. The predicted molar refractivity (Wildman–Crippen MR) is 262 cm³/mol. The van der Waals surface area contributed by atoms with Crippen LogP contribution in [0, 0.1) is 11.8 Å². The van der Waals surface area contributed by atoms with E-state index in [0.717, 1.165) is 0 Å². The molecule has 16 atom stereocenters. The molecule has 23 heteroatoms. The van der Waals surface area contributed by atoms with Crippen LogP contribution in [0.5, 0.6) is 40.2 Å². The molecule has 2 unspecified atom stereocenters. The van der Waals surface area contributed by atoms with Crippen LogP contribution >= 0.6 is 0 Å². The summed E-state index contributed by atoms with van der Waals surface area (Å²) < 4.78 is 63.3. The number of ketones is 3. The van der Waals surface area contributed by atoms with Crippen LogP contribution in [0.15, 0.2) is 48.5 Å². The van der Waals surface area contributed by atoms with Crippen molar-refractivity contribution >= 4 is 23.3 Å². The van der Waals surface area contributed by atoms with E-state index in [-0.39, 0.29) is 83.5 Å². The first-order chi connectivity index (χ1) is 37.2. The molecule has 0 bridgehead atoms. The summed E-state index contributed by atoms with van der Waals surface area (Å²) >= 11 is 0. The summed E-state index contributed by atoms with van der Waals surface area (Å²) in [7, 11) is 2.86. The number of methoxy groups -OCH3 is 2. The van der Waals surface area contributed by atoms with Gasteiger partial charge in [-0.3, -0.25) is 19.2 Å². The number of ether oxygens (including phenoxy) is 11. The van der Waals surface area contributed by atoms with Crippen LogP contribution in [0.3, 0.4) is 0 Å². The van der Waals surface area contributed by atoms with Crippen molar-refractivity contribution in [2.75, 3.05) is 34.2 Å². The first-order valence-corrected chi connectivity index (χ1v) is 25.5. The summed E-state index contributed by atoms with van der Waals surface area (Å²) in [4.78, 5) is 52.4. The number of fused-ring (bicyclic) bond motifs is 7. The van der Waals surface area contributed by atoms with Gasteiger partial charge in [-0.25, -0.2) is 0 Å². The molecule has 8 aliphatic rings. The molecular formula is C55H59NO22. The minimum absolute atomic E-state index is 0.00588. The van der Waals surface area contributed by atoms with Gasteiger partial charge in [0, 0.05) is 59.4 Å². The molecule has 0 saturated carbocycles. The Kier molecular flexibility index (Phi) is 13.9. The smallest absolute Gasteiger partial charge is 0.310 e. The highest BCUT2D eigenvalue weighted by molar-refractivity contribution is 6.30. The number of aliphatic hydroxyl groups excluding tert-OH is 3. The largest absolute Gasteiger partial charge is 0.507 e. The van der Waals surface area contributed by atoms with E-state index >= 15 is 0 Å². The normalized spacial score (nSPS) is 34.1. The predicted octanol–water partition coefficient (Wildman–Crippen LogP) is 2.36. The van der Waals surface area contributed by atoms with Gasteiger partial charge in [-0.05, 0) is 61.7 Å². The lowest BCUT2D eigenvalue weighted by Crippen LogP contribution is -2.63. The molecule has 9 N–H and O–H groups in total. The van der Waals surface area contributed by atoms with Crippen LogP contribution in [0.4, 0.5) is 0 Å². The van der Waals surface area contributed by atoms with Crippen molar-refractivity contribution in [3.05, 3.63) is 98.6 Å². The Morgan fingerprint density at radius 3 is 2.04 bits per heavy atom. The van der Waals surface area contributed by atoms with Crippen LogP contribution in [-0.4, -0.2) is 160 Å². The van der Waals surface area contributed by atoms with Crippen LogP contribution in [0.25, 0.3) is 0 Å². The van der Waals surface area contributed by atoms with Gasteiger partial charge in [0.25, 0.3) is 0 Å². The van der Waals surface area contributed by atoms with Crippen LogP contribution in [-0.2, 0) is 49.2 Å². The standard InChI is InChI=1S/C29H32O13.C26H27NO9/c1-11-36-9-20-27(40-11)24(31)25(32)29(41-20)42-26-14-7-17-16(38-10-39-17)6-13(14)21(22-15(26)8-37-28(22)33)12-4-18(34-2)23(30)19(5-12)35-3;1-10-21(29)15(27)7-17(35-10)36-16-9-26(34,11(2)28)8-14-18(16)25(33)20-19(24(14)32)22(30)12-5-3-4-6-13(12)23(20)31/h4-7,11,15,20-22,24-27,29-32H,8-10H2,1-3H3;3-6,10,15-17,21,29,32-34H,7-9,27H2,1-2H3/t11-,15?,20-,21-,22+,24-,25-,26?,27-,29+;10-,15-,16-,17-,21+,26-/m10/s1. The Morgan fingerprint density at radius 1 is 0.769 bits per heavy atom. The molecule has 78 heavy (non-hydrogen) atoms. The summed E-state index contributed by atoms with van der Waals surface area (Å²) in [5.74, 6) is -4.08. The van der Waals surface area contributed by atoms with Gasteiger partial charge in [0.15, 0.2) is 59.2 Å². The molecule has 0 radical (unpaired) electrons. The summed E-state index contributed by atoms with van der Waals surface area (Å²) in [6.07, 6.45) is -11.2. The quantitative estimate of drug-likeness (QED) is 0.0817. The monoisotopic (exact) mass is 1090 g/mol. The van der Waals surface area contributed by atoms with Crippen LogP contribution in [0.1, 0.15) is 111 Å². The van der Waals surface area contributed by atoms with Gasteiger partial charge in [-0.15, -0.1) is 0 Å². The van der Waals surface area contributed by atoms with Gasteiger partial charge >= 0.3 is 5.97 Å². The van der Waals surface area contributed by atoms with E-state index in [1.165, 1.54) is 33.3 Å². The molecule has 4 saturated heterocycles. The Bertz CT molecular complexity index is 3050. The SMILES string of the molecule is CC(=O)[C@]1(O)Cc2c(O)c3c(c(O)c2[C@@H](O[C@H]2C[C@H](N)[C@H](O)[C@H](C)O2)C1)C(=O)c1ccccc1C3=O.COc1cc([C@@H]2c3cc4c(cc3C(O[C@@H]3O[C@@H]5CO[C@@H](C)O[C@H]5[C@H](O)[C@H]3O)C3COC(=O)[C@@H]32)OCO4)cc(OC)c1O. The highest BCUT2D eigenvalue weighted by atomic mass is 16.8. The highest BCUT2D eigenvalue weighted by Crippen LogP contribution is 2.58. The molecule has 5 heterocycles. The minimum atomic E-state index is -1.97. The molecule has 12 rings (SSSR count). The lowest BCUT2D eigenvalue weighted by molar-refractivity contribution is -0.364. The lowest BCUT2D eigenvalue weighted by atomic mass is 9.66. The van der Waals surface area contributed by atoms with Gasteiger partial charge in [0.2, 0.25) is 12.5 Å². The van der Waals surface area contributed by atoms with E-state index in [1.54, 1.807) is 50.2 Å². The van der Waals surface area contributed by atoms with Crippen molar-refractivity contribution in [1.82, 2.24) is 0 Å². The molecule has 0 spiro atoms. The van der Waals surface area contributed by atoms with E-state index in [2.05, 4.69) is 0 Å². The maximum absolute atomic E-state index is 13.4. The zero-order chi connectivity index (χ0) is 55.4. The van der Waals surface area contributed by atoms with Crippen molar-refractivity contribution in [2.45, 2.75) is 125 Å². The average molecular weight is 1090 g/mol. The molecule has 3 aliphatic carbocycles. The summed E-state index contributed by atoms with van der Waals surface area (Å²) in [5.41, 5.74) is 5.39. The fourth-order valence-electron chi connectivity index (χ4n) is 12.2. The average Bonchev–Trinajstić information content (AvgIpc) is 4.18. The fraction of sp³-hybridized carbons (Fsp3) is 0.491. The van der Waals surface area contributed by atoms with E-state index in [0.29, 0.717) is 28.2 Å². The van der Waals surface area contributed by atoms with Gasteiger partial charge in [-0.1, -0.05) is 24.3 Å². The number of Topliss-reactive ketones (excluding diaryl/α,β-unsaturated/α-hetero) is 1. The summed E-state index contributed by atoms with van der Waals surface area (Å²) in [6, 6.07) is 12.3. The van der Waals surface area contributed by atoms with E-state index in [4.69, 9.17) is 57.8 Å². The Hall–Kier alpha value is -6.48. The van der Waals surface area contributed by atoms with Gasteiger partial charge in [0.1, 0.15) is 41.5 Å². The van der Waals surface area contributed by atoms with E-state index in [1.807, 2.05) is 0 Å². The summed E-state index contributed by atoms with van der Waals surface area (Å²) in [5, 5.41) is 76.3. The second-order valence-corrected chi connectivity index (χ2v) is 20.8. The Balaban J connectivity index is 0.000000168. The molecule has 4 aromatic carbocycles. The van der Waals surface area contributed by atoms with Crippen molar-refractivity contribution in [1.29, 1.82) is 0 Å². The van der Waals surface area contributed by atoms with Gasteiger partial charge < -0.3 is 93.6 Å². The molecule has 23 nitrogen and oxygen atoms in total. The molecule has 0 aromatic heterocycles. The number of hydrogen-bond donors (Lipinski definition) is 8. The molecule has 5 aliphatic heterocycles. The van der Waals surface area contributed by atoms with Crippen molar-refractivity contribution in [3.63, 3.8) is 0 Å². The Morgan fingerprint density at radius 2 is 1.41 bits per heavy atom. The molecule has 4 aromatic rings. The number of rotatable bonds is 8. The second kappa shape index (κ2) is 20.3. The number of carbonyl (C=O) groups is 4. The lowest BCUT2D eigenvalue weighted by Gasteiger charge is -2.47. The number of hydrogen-bond acceptors (Lipinski definition) is 23. The van der Waals surface area contributed by atoms with Crippen LogP contribution < -0.4 is 24.7 Å². The second-order valence-electron chi connectivity index (χ2n) is 20.8. The number of phenols is 3. The first-order valence-electron chi connectivity index (χ1n) is 25.5. The number of esters is 1. The maximum Gasteiger partial charge on any atom is 0.310 e. The fourth-order valence-corrected chi connectivity index (χ4v) is 12.2. The minimum Gasteiger partial charge on any atom is -0.507 e. The maximum atomic E-state index is 13.4. The topological polar surface area (TPSA) is 337 Å². The van der Waals surface area contributed by atoms with Gasteiger partial charge in [-0.2, -0.15) is 0 Å². The highest BCUT2D eigenvalue weighted by Gasteiger charge is 2.57. The van der Waals surface area contributed by atoms with Crippen molar-refractivity contribution < 1.29 is 107 Å². The molecule has 416 valence electrons. The van der Waals surface area contributed by atoms with E-state index < -0.39 is 138 Å². The van der Waals surface area contributed by atoms with E-state index in [9.17, 15) is 54.9 Å². The number of nitrogens with two attached hydrogens (primary N) is 1. The van der Waals surface area contributed by atoms with Gasteiger partial charge in [0.05, 0.1) is 68.9 Å². The number of aliphatic hydroxyl groups is 4. The number of carbonyl (C=O) groups excluding carboxylic acids is 4.